The Labute approximate surface area is 101 Å². The molecule has 0 spiro atoms. The van der Waals surface area contributed by atoms with Crippen LogP contribution in [0, 0.1) is 0 Å². The molecule has 2 aliphatic rings. The van der Waals surface area contributed by atoms with Gasteiger partial charge in [0.25, 0.3) is 0 Å². The zero-order valence-corrected chi connectivity index (χ0v) is 9.97. The first-order valence-electron chi connectivity index (χ1n) is 6.53. The molecule has 1 saturated heterocycles. The molecule has 2 heterocycles. The monoisotopic (exact) mass is 237 g/mol. The van der Waals surface area contributed by atoms with Crippen LogP contribution in [0.1, 0.15) is 62.3 Å². The van der Waals surface area contributed by atoms with Gasteiger partial charge in [-0.3, -0.25) is 0 Å². The molecule has 2 N–H and O–H groups in total. The van der Waals surface area contributed by atoms with E-state index in [1.807, 2.05) is 0 Å². The quantitative estimate of drug-likeness (QED) is 0.850. The minimum absolute atomic E-state index is 0.0461. The maximum absolute atomic E-state index is 5.98. The maximum atomic E-state index is 5.98. The zero-order chi connectivity index (χ0) is 11.7. The highest BCUT2D eigenvalue weighted by Gasteiger charge is 2.28. The molecule has 0 bridgehead atoms. The highest BCUT2D eigenvalue weighted by molar-refractivity contribution is 5.00. The number of rotatable bonds is 2. The second-order valence-electron chi connectivity index (χ2n) is 5.12. The van der Waals surface area contributed by atoms with Crippen LogP contribution in [0.2, 0.25) is 0 Å². The summed E-state index contributed by atoms with van der Waals surface area (Å²) in [6.45, 7) is 0.808. The summed E-state index contributed by atoms with van der Waals surface area (Å²) >= 11 is 0. The minimum Gasteiger partial charge on any atom is -0.370 e. The van der Waals surface area contributed by atoms with Crippen LogP contribution in [-0.4, -0.2) is 22.8 Å². The Morgan fingerprint density at radius 3 is 2.88 bits per heavy atom. The van der Waals surface area contributed by atoms with Crippen LogP contribution in [0.25, 0.3) is 0 Å². The van der Waals surface area contributed by atoms with E-state index >= 15 is 0 Å². The number of aromatic nitrogens is 2. The lowest BCUT2D eigenvalue weighted by Gasteiger charge is -2.23. The third-order valence-electron chi connectivity index (χ3n) is 3.74. The van der Waals surface area contributed by atoms with E-state index in [-0.39, 0.29) is 12.1 Å². The van der Waals surface area contributed by atoms with Crippen LogP contribution in [0.3, 0.4) is 0 Å². The lowest BCUT2D eigenvalue weighted by molar-refractivity contribution is 0.103. The highest BCUT2D eigenvalue weighted by atomic mass is 16.5. The fourth-order valence-corrected chi connectivity index (χ4v) is 2.78. The van der Waals surface area contributed by atoms with Crippen LogP contribution in [0.15, 0.2) is 4.52 Å². The molecule has 1 aliphatic heterocycles. The summed E-state index contributed by atoms with van der Waals surface area (Å²) in [7, 11) is 0. The van der Waals surface area contributed by atoms with E-state index in [4.69, 9.17) is 15.0 Å². The van der Waals surface area contributed by atoms with Gasteiger partial charge >= 0.3 is 0 Å². The van der Waals surface area contributed by atoms with Gasteiger partial charge in [0.2, 0.25) is 11.7 Å². The van der Waals surface area contributed by atoms with Crippen molar-refractivity contribution in [1.29, 1.82) is 0 Å². The van der Waals surface area contributed by atoms with Crippen molar-refractivity contribution in [3.8, 4) is 0 Å². The lowest BCUT2D eigenvalue weighted by atomic mass is 9.86. The van der Waals surface area contributed by atoms with Gasteiger partial charge in [-0.2, -0.15) is 4.98 Å². The Morgan fingerprint density at radius 1 is 1.18 bits per heavy atom. The predicted octanol–water partition coefficient (Wildman–Crippen LogP) is 1.91. The Bertz CT molecular complexity index is 374. The standard InChI is InChI=1S/C12H19N3O2/c13-9-4-1-3-8(7-9)12-14-11(15-17-12)10-5-2-6-16-10/h8-10H,1-7,13H2. The normalized spacial score (nSPS) is 34.1. The van der Waals surface area contributed by atoms with Crippen LogP contribution < -0.4 is 5.73 Å². The molecule has 94 valence electrons. The van der Waals surface area contributed by atoms with Gasteiger partial charge in [0.05, 0.1) is 0 Å². The molecule has 5 heteroatoms. The summed E-state index contributed by atoms with van der Waals surface area (Å²) in [5, 5.41) is 4.05. The Balaban J connectivity index is 1.70. The van der Waals surface area contributed by atoms with Gasteiger partial charge in [-0.25, -0.2) is 0 Å². The summed E-state index contributed by atoms with van der Waals surface area (Å²) in [4.78, 5) is 4.49. The Morgan fingerprint density at radius 2 is 2.12 bits per heavy atom. The molecule has 0 radical (unpaired) electrons. The highest BCUT2D eigenvalue weighted by Crippen LogP contribution is 2.33. The smallest absolute Gasteiger partial charge is 0.229 e. The molecule has 1 saturated carbocycles. The van der Waals surface area contributed by atoms with E-state index in [2.05, 4.69) is 10.1 Å². The van der Waals surface area contributed by atoms with E-state index in [0.29, 0.717) is 5.92 Å². The van der Waals surface area contributed by atoms with Gasteiger partial charge < -0.3 is 15.0 Å². The van der Waals surface area contributed by atoms with Crippen molar-refractivity contribution in [3.63, 3.8) is 0 Å². The van der Waals surface area contributed by atoms with Crippen molar-refractivity contribution in [3.05, 3.63) is 11.7 Å². The molecule has 3 rings (SSSR count). The number of hydrogen-bond acceptors (Lipinski definition) is 5. The van der Waals surface area contributed by atoms with E-state index < -0.39 is 0 Å². The molecule has 1 aromatic rings. The van der Waals surface area contributed by atoms with Gasteiger partial charge in [0.1, 0.15) is 6.10 Å². The van der Waals surface area contributed by atoms with E-state index in [0.717, 1.165) is 56.8 Å². The molecule has 2 fully saturated rings. The van der Waals surface area contributed by atoms with Crippen LogP contribution >= 0.6 is 0 Å². The number of nitrogens with zero attached hydrogens (tertiary/aromatic N) is 2. The number of ether oxygens (including phenoxy) is 1. The van der Waals surface area contributed by atoms with E-state index in [1.54, 1.807) is 0 Å². The largest absolute Gasteiger partial charge is 0.370 e. The summed E-state index contributed by atoms with van der Waals surface area (Å²) < 4.78 is 10.9. The Hall–Kier alpha value is -0.940. The average molecular weight is 237 g/mol. The number of hydrogen-bond donors (Lipinski definition) is 1. The van der Waals surface area contributed by atoms with Gasteiger partial charge in [0, 0.05) is 18.6 Å². The second kappa shape index (κ2) is 4.74. The molecule has 3 unspecified atom stereocenters. The van der Waals surface area contributed by atoms with Gasteiger partial charge in [-0.05, 0) is 32.1 Å². The summed E-state index contributed by atoms with van der Waals surface area (Å²) in [5.41, 5.74) is 5.98. The van der Waals surface area contributed by atoms with Crippen molar-refractivity contribution in [1.82, 2.24) is 10.1 Å². The van der Waals surface area contributed by atoms with E-state index in [9.17, 15) is 0 Å². The van der Waals surface area contributed by atoms with Gasteiger partial charge in [0.15, 0.2) is 0 Å². The fourth-order valence-electron chi connectivity index (χ4n) is 2.78. The van der Waals surface area contributed by atoms with Crippen molar-refractivity contribution in [2.24, 2.45) is 5.73 Å². The molecule has 5 nitrogen and oxygen atoms in total. The lowest BCUT2D eigenvalue weighted by Crippen LogP contribution is -2.27. The topological polar surface area (TPSA) is 74.2 Å². The second-order valence-corrected chi connectivity index (χ2v) is 5.12. The minimum atomic E-state index is 0.0461. The van der Waals surface area contributed by atoms with Crippen LogP contribution in [0.5, 0.6) is 0 Å². The Kier molecular flexibility index (Phi) is 3.11. The average Bonchev–Trinajstić information content (AvgIpc) is 3.00. The van der Waals surface area contributed by atoms with Crippen molar-refractivity contribution >= 4 is 0 Å². The fraction of sp³-hybridized carbons (Fsp3) is 0.833. The molecule has 3 atom stereocenters. The number of nitrogens with two attached hydrogens (primary N) is 1. The summed E-state index contributed by atoms with van der Waals surface area (Å²) in [6, 6.07) is 0.284. The predicted molar refractivity (Wildman–Crippen MR) is 61.4 cm³/mol. The molecular formula is C12H19N3O2. The van der Waals surface area contributed by atoms with Crippen LogP contribution in [0.4, 0.5) is 0 Å². The molecular weight excluding hydrogens is 218 g/mol. The van der Waals surface area contributed by atoms with Crippen molar-refractivity contribution < 1.29 is 9.26 Å². The van der Waals surface area contributed by atoms with Crippen molar-refractivity contribution in [2.75, 3.05) is 6.61 Å². The van der Waals surface area contributed by atoms with Gasteiger partial charge in [-0.1, -0.05) is 11.6 Å². The zero-order valence-electron chi connectivity index (χ0n) is 9.97. The van der Waals surface area contributed by atoms with Gasteiger partial charge in [-0.15, -0.1) is 0 Å². The van der Waals surface area contributed by atoms with Crippen molar-refractivity contribution in [2.45, 2.75) is 56.6 Å². The SMILES string of the molecule is NC1CCCC(c2nc(C3CCCO3)no2)C1. The molecule has 1 aliphatic carbocycles. The molecule has 17 heavy (non-hydrogen) atoms. The first-order valence-corrected chi connectivity index (χ1v) is 6.53. The molecule has 0 amide bonds. The molecule has 0 aromatic carbocycles. The molecule has 1 aromatic heterocycles. The summed E-state index contributed by atoms with van der Waals surface area (Å²) in [6.07, 6.45) is 6.48. The first-order chi connectivity index (χ1) is 8.33. The van der Waals surface area contributed by atoms with Crippen LogP contribution in [-0.2, 0) is 4.74 Å². The summed E-state index contributed by atoms with van der Waals surface area (Å²) in [5.74, 6) is 1.82. The maximum Gasteiger partial charge on any atom is 0.229 e. The van der Waals surface area contributed by atoms with E-state index in [1.165, 1.54) is 0 Å². The third-order valence-corrected chi connectivity index (χ3v) is 3.74. The third kappa shape index (κ3) is 2.35. The first kappa shape index (κ1) is 11.2.